The Morgan fingerprint density at radius 1 is 1.45 bits per heavy atom. The maximum absolute atomic E-state index is 11.5. The topological polar surface area (TPSA) is 53.1 Å². The van der Waals surface area contributed by atoms with Crippen LogP contribution in [0.4, 0.5) is 0 Å². The number of nitrogens with one attached hydrogen (secondary N) is 1. The van der Waals surface area contributed by atoms with Crippen LogP contribution in [-0.2, 0) is 11.2 Å². The molecule has 20 heavy (non-hydrogen) atoms. The SMILES string of the molecule is C[N+](C)(C)C(Cc1c[nH]c2c(Cl)cc(I)cc12)C(=O)O. The summed E-state index contributed by atoms with van der Waals surface area (Å²) in [5, 5.41) is 11.1. The lowest BCUT2D eigenvalue weighted by molar-refractivity contribution is -0.887. The first-order valence-corrected chi connectivity index (χ1v) is 7.64. The number of halogens is 2. The molecule has 2 aromatic rings. The highest BCUT2D eigenvalue weighted by atomic mass is 127. The van der Waals surface area contributed by atoms with E-state index in [0.29, 0.717) is 15.9 Å². The molecule has 0 aliphatic heterocycles. The number of aromatic amines is 1. The van der Waals surface area contributed by atoms with Crippen LogP contribution in [0, 0.1) is 3.57 Å². The number of carbonyl (C=O) groups is 1. The van der Waals surface area contributed by atoms with Gasteiger partial charge in [-0.25, -0.2) is 4.79 Å². The summed E-state index contributed by atoms with van der Waals surface area (Å²) >= 11 is 8.42. The van der Waals surface area contributed by atoms with Gasteiger partial charge in [0.15, 0.2) is 6.04 Å². The molecular formula is C14H17ClIN2O2+. The summed E-state index contributed by atoms with van der Waals surface area (Å²) < 4.78 is 1.41. The zero-order valence-electron chi connectivity index (χ0n) is 11.6. The molecular weight excluding hydrogens is 391 g/mol. The molecule has 1 aromatic carbocycles. The molecule has 2 rings (SSSR count). The second kappa shape index (κ2) is 5.54. The van der Waals surface area contributed by atoms with Gasteiger partial charge >= 0.3 is 5.97 Å². The van der Waals surface area contributed by atoms with Crippen molar-refractivity contribution in [3.63, 3.8) is 0 Å². The van der Waals surface area contributed by atoms with E-state index in [1.54, 1.807) is 0 Å². The van der Waals surface area contributed by atoms with Crippen LogP contribution in [0.1, 0.15) is 5.56 Å². The van der Waals surface area contributed by atoms with Gasteiger partial charge in [0.25, 0.3) is 0 Å². The Morgan fingerprint density at radius 2 is 2.10 bits per heavy atom. The number of quaternary nitrogens is 1. The lowest BCUT2D eigenvalue weighted by Crippen LogP contribution is -2.51. The molecule has 4 nitrogen and oxygen atoms in total. The van der Waals surface area contributed by atoms with Crippen LogP contribution in [-0.4, -0.2) is 47.7 Å². The van der Waals surface area contributed by atoms with E-state index in [-0.39, 0.29) is 0 Å². The number of hydrogen-bond acceptors (Lipinski definition) is 1. The number of likely N-dealkylation sites (N-methyl/N-ethyl adjacent to an activating group) is 1. The van der Waals surface area contributed by atoms with Gasteiger partial charge in [-0.3, -0.25) is 0 Å². The van der Waals surface area contributed by atoms with Gasteiger partial charge in [0.05, 0.1) is 31.7 Å². The molecule has 0 fully saturated rings. The number of aromatic nitrogens is 1. The normalized spacial score (nSPS) is 13.7. The molecule has 0 saturated heterocycles. The fourth-order valence-corrected chi connectivity index (χ4v) is 3.36. The smallest absolute Gasteiger partial charge is 0.362 e. The summed E-state index contributed by atoms with van der Waals surface area (Å²) in [7, 11) is 5.68. The van der Waals surface area contributed by atoms with Crippen molar-refractivity contribution in [1.29, 1.82) is 0 Å². The molecule has 0 aliphatic rings. The Kier molecular flexibility index (Phi) is 4.32. The number of fused-ring (bicyclic) bond motifs is 1. The predicted octanol–water partition coefficient (Wildman–Crippen LogP) is 3.13. The molecule has 1 aromatic heterocycles. The number of H-pyrrole nitrogens is 1. The molecule has 0 spiro atoms. The minimum absolute atomic E-state index is 0.375. The number of hydrogen-bond donors (Lipinski definition) is 2. The lowest BCUT2D eigenvalue weighted by atomic mass is 10.0. The third kappa shape index (κ3) is 3.10. The molecule has 0 aliphatic carbocycles. The second-order valence-corrected chi connectivity index (χ2v) is 7.45. The summed E-state index contributed by atoms with van der Waals surface area (Å²) in [6.07, 6.45) is 2.33. The van der Waals surface area contributed by atoms with E-state index in [1.165, 1.54) is 0 Å². The van der Waals surface area contributed by atoms with Crippen LogP contribution < -0.4 is 0 Å². The van der Waals surface area contributed by atoms with Gasteiger partial charge in [-0.15, -0.1) is 0 Å². The first-order chi connectivity index (χ1) is 9.20. The van der Waals surface area contributed by atoms with Crippen LogP contribution in [0.2, 0.25) is 5.02 Å². The van der Waals surface area contributed by atoms with Gasteiger partial charge in [-0.05, 0) is 40.3 Å². The number of rotatable bonds is 4. The van der Waals surface area contributed by atoms with Gasteiger partial charge in [-0.1, -0.05) is 11.6 Å². The summed E-state index contributed by atoms with van der Waals surface area (Å²) in [6.45, 7) is 0. The summed E-state index contributed by atoms with van der Waals surface area (Å²) in [5.41, 5.74) is 1.86. The van der Waals surface area contributed by atoms with E-state index in [9.17, 15) is 9.90 Å². The van der Waals surface area contributed by atoms with Crippen LogP contribution in [0.3, 0.4) is 0 Å². The number of benzene rings is 1. The van der Waals surface area contributed by atoms with Crippen LogP contribution in [0.25, 0.3) is 10.9 Å². The minimum atomic E-state index is -0.788. The molecule has 6 heteroatoms. The molecule has 1 atom stereocenters. The minimum Gasteiger partial charge on any atom is -0.477 e. The van der Waals surface area contributed by atoms with E-state index >= 15 is 0 Å². The van der Waals surface area contributed by atoms with Crippen molar-refractivity contribution >= 4 is 51.1 Å². The highest BCUT2D eigenvalue weighted by molar-refractivity contribution is 14.1. The molecule has 2 N–H and O–H groups in total. The third-order valence-electron chi connectivity index (χ3n) is 3.43. The highest BCUT2D eigenvalue weighted by Gasteiger charge is 2.32. The third-order valence-corrected chi connectivity index (χ3v) is 4.35. The second-order valence-electron chi connectivity index (χ2n) is 5.80. The standard InChI is InChI=1S/C14H16ClIN2O2/c1-18(2,3)12(14(19)20)4-8-7-17-13-10(8)5-9(16)6-11(13)15/h5-7,12,17H,4H2,1-3H3/p+1. The summed E-state index contributed by atoms with van der Waals surface area (Å²) in [5.74, 6) is -0.788. The van der Waals surface area contributed by atoms with Gasteiger partial charge in [0, 0.05) is 21.6 Å². The van der Waals surface area contributed by atoms with Crippen molar-refractivity contribution < 1.29 is 14.4 Å². The number of carboxylic acid groups (broad SMARTS) is 1. The predicted molar refractivity (Wildman–Crippen MR) is 89.2 cm³/mol. The Balaban J connectivity index is 2.46. The largest absolute Gasteiger partial charge is 0.477 e. The molecule has 0 saturated carbocycles. The molecule has 0 radical (unpaired) electrons. The van der Waals surface area contributed by atoms with E-state index in [2.05, 4.69) is 27.6 Å². The number of aliphatic carboxylic acids is 1. The maximum Gasteiger partial charge on any atom is 0.362 e. The van der Waals surface area contributed by atoms with Crippen molar-refractivity contribution in [3.05, 3.63) is 32.5 Å². The highest BCUT2D eigenvalue weighted by Crippen LogP contribution is 2.29. The molecule has 0 bridgehead atoms. The number of nitrogens with zero attached hydrogens (tertiary/aromatic N) is 1. The van der Waals surface area contributed by atoms with E-state index < -0.39 is 12.0 Å². The Bertz CT molecular complexity index is 661. The first-order valence-electron chi connectivity index (χ1n) is 6.19. The number of carboxylic acids is 1. The van der Waals surface area contributed by atoms with E-state index in [0.717, 1.165) is 20.0 Å². The van der Waals surface area contributed by atoms with Crippen molar-refractivity contribution in [2.75, 3.05) is 21.1 Å². The van der Waals surface area contributed by atoms with Crippen LogP contribution in [0.15, 0.2) is 18.3 Å². The quantitative estimate of drug-likeness (QED) is 0.604. The van der Waals surface area contributed by atoms with Crippen molar-refractivity contribution in [1.82, 2.24) is 4.98 Å². The van der Waals surface area contributed by atoms with Crippen molar-refractivity contribution in [3.8, 4) is 0 Å². The monoisotopic (exact) mass is 407 g/mol. The van der Waals surface area contributed by atoms with E-state index in [1.807, 2.05) is 39.5 Å². The molecule has 0 amide bonds. The Morgan fingerprint density at radius 3 is 2.65 bits per heavy atom. The maximum atomic E-state index is 11.5. The first kappa shape index (κ1) is 15.6. The van der Waals surface area contributed by atoms with Crippen LogP contribution in [0.5, 0.6) is 0 Å². The van der Waals surface area contributed by atoms with Gasteiger partial charge in [0.1, 0.15) is 0 Å². The zero-order valence-corrected chi connectivity index (χ0v) is 14.5. The molecule has 1 unspecified atom stereocenters. The average Bonchev–Trinajstić information content (AvgIpc) is 2.67. The summed E-state index contributed by atoms with van der Waals surface area (Å²) in [4.78, 5) is 14.6. The molecule has 1 heterocycles. The fourth-order valence-electron chi connectivity index (χ4n) is 2.28. The van der Waals surface area contributed by atoms with Gasteiger partial charge in [-0.2, -0.15) is 0 Å². The Hall–Kier alpha value is -0.790. The van der Waals surface area contributed by atoms with Crippen LogP contribution >= 0.6 is 34.2 Å². The van der Waals surface area contributed by atoms with E-state index in [4.69, 9.17) is 11.6 Å². The van der Waals surface area contributed by atoms with Gasteiger partial charge in [0.2, 0.25) is 0 Å². The molecule has 108 valence electrons. The fraction of sp³-hybridized carbons (Fsp3) is 0.357. The Labute approximate surface area is 136 Å². The average molecular weight is 408 g/mol. The van der Waals surface area contributed by atoms with Gasteiger partial charge < -0.3 is 14.6 Å². The van der Waals surface area contributed by atoms with Crippen molar-refractivity contribution in [2.24, 2.45) is 0 Å². The lowest BCUT2D eigenvalue weighted by Gasteiger charge is -2.31. The van der Waals surface area contributed by atoms with Crippen molar-refractivity contribution in [2.45, 2.75) is 12.5 Å². The zero-order chi connectivity index (χ0) is 15.1. The summed E-state index contributed by atoms with van der Waals surface area (Å²) in [6, 6.07) is 3.42.